The number of anilines is 3. The standard InChI is InChI=1S/C26H31N7OS/c1-4-34-23-12-10-21(11-13-23)29-26(35)31-25(30-24-27-19(2)18-20(3)28-24)33-16-14-32(15-17-33)22-8-6-5-7-9-22/h5-13,18H,4,14-17H2,1-3H3,(H2,27,28,29,30,31,35). The molecule has 2 aromatic carbocycles. The first-order valence-corrected chi connectivity index (χ1v) is 12.2. The molecule has 0 amide bonds. The van der Waals surface area contributed by atoms with E-state index in [0.717, 1.165) is 49.0 Å². The van der Waals surface area contributed by atoms with Crippen LogP contribution in [-0.4, -0.2) is 58.7 Å². The molecule has 0 atom stereocenters. The highest BCUT2D eigenvalue weighted by molar-refractivity contribution is 7.80. The third-order valence-electron chi connectivity index (χ3n) is 5.53. The van der Waals surface area contributed by atoms with Crippen molar-refractivity contribution in [3.63, 3.8) is 0 Å². The van der Waals surface area contributed by atoms with Crippen molar-refractivity contribution in [3.8, 4) is 5.75 Å². The van der Waals surface area contributed by atoms with Crippen molar-refractivity contribution < 1.29 is 4.74 Å². The van der Waals surface area contributed by atoms with E-state index < -0.39 is 0 Å². The maximum atomic E-state index is 5.59. The third kappa shape index (κ3) is 6.89. The number of aliphatic imine (C=N–C) groups is 1. The lowest BCUT2D eigenvalue weighted by Crippen LogP contribution is -2.51. The fraction of sp³-hybridized carbons (Fsp3) is 0.308. The fourth-order valence-corrected chi connectivity index (χ4v) is 4.13. The van der Waals surface area contributed by atoms with Crippen LogP contribution < -0.4 is 20.3 Å². The minimum Gasteiger partial charge on any atom is -0.494 e. The van der Waals surface area contributed by atoms with Gasteiger partial charge in [-0.05, 0) is 75.5 Å². The number of hydrogen-bond acceptors (Lipinski definition) is 5. The molecule has 2 N–H and O–H groups in total. The average molecular weight is 490 g/mol. The van der Waals surface area contributed by atoms with E-state index in [9.17, 15) is 0 Å². The van der Waals surface area contributed by atoms with Crippen LogP contribution in [0, 0.1) is 13.8 Å². The van der Waals surface area contributed by atoms with Crippen molar-refractivity contribution in [2.45, 2.75) is 20.8 Å². The van der Waals surface area contributed by atoms with Gasteiger partial charge in [-0.1, -0.05) is 18.2 Å². The van der Waals surface area contributed by atoms with Crippen LogP contribution in [0.25, 0.3) is 0 Å². The summed E-state index contributed by atoms with van der Waals surface area (Å²) in [5.74, 6) is 1.96. The number of aryl methyl sites for hydroxylation is 2. The fourth-order valence-electron chi connectivity index (χ4n) is 3.92. The van der Waals surface area contributed by atoms with Gasteiger partial charge in [0.05, 0.1) is 6.61 Å². The van der Waals surface area contributed by atoms with E-state index in [-0.39, 0.29) is 0 Å². The highest BCUT2D eigenvalue weighted by Crippen LogP contribution is 2.18. The van der Waals surface area contributed by atoms with Crippen molar-refractivity contribution >= 4 is 40.6 Å². The quantitative estimate of drug-likeness (QED) is 0.309. The third-order valence-corrected chi connectivity index (χ3v) is 5.72. The van der Waals surface area contributed by atoms with Gasteiger partial charge in [-0.25, -0.2) is 9.97 Å². The highest BCUT2D eigenvalue weighted by Gasteiger charge is 2.21. The lowest BCUT2D eigenvalue weighted by atomic mass is 10.2. The van der Waals surface area contributed by atoms with Crippen molar-refractivity contribution in [3.05, 3.63) is 72.1 Å². The summed E-state index contributed by atoms with van der Waals surface area (Å²) in [6.07, 6.45) is 0. The number of aromatic nitrogens is 2. The lowest BCUT2D eigenvalue weighted by molar-refractivity contribution is 0.340. The first kappa shape index (κ1) is 24.4. The summed E-state index contributed by atoms with van der Waals surface area (Å²) in [5, 5.41) is 6.86. The summed E-state index contributed by atoms with van der Waals surface area (Å²) in [4.78, 5) is 18.4. The monoisotopic (exact) mass is 489 g/mol. The van der Waals surface area contributed by atoms with Crippen LogP contribution >= 0.6 is 12.2 Å². The van der Waals surface area contributed by atoms with Gasteiger partial charge in [0.15, 0.2) is 0 Å². The zero-order valence-electron chi connectivity index (χ0n) is 20.4. The van der Waals surface area contributed by atoms with E-state index >= 15 is 0 Å². The van der Waals surface area contributed by atoms with E-state index in [1.165, 1.54) is 5.69 Å². The Kier molecular flexibility index (Phi) is 8.10. The minimum absolute atomic E-state index is 0.353. The number of benzene rings is 2. The van der Waals surface area contributed by atoms with Crippen LogP contribution in [0.5, 0.6) is 5.75 Å². The molecule has 0 bridgehead atoms. The maximum absolute atomic E-state index is 5.59. The number of piperazine rings is 1. The van der Waals surface area contributed by atoms with Gasteiger partial charge >= 0.3 is 0 Å². The predicted molar refractivity (Wildman–Crippen MR) is 147 cm³/mol. The second kappa shape index (κ2) is 11.6. The molecule has 0 radical (unpaired) electrons. The number of guanidine groups is 1. The van der Waals surface area contributed by atoms with E-state index in [4.69, 9.17) is 21.9 Å². The number of rotatable bonds is 5. The van der Waals surface area contributed by atoms with Gasteiger partial charge in [-0.3, -0.25) is 5.32 Å². The smallest absolute Gasteiger partial charge is 0.229 e. The Labute approximate surface area is 212 Å². The second-order valence-electron chi connectivity index (χ2n) is 8.23. The largest absolute Gasteiger partial charge is 0.494 e. The Hall–Kier alpha value is -3.72. The number of thiocarbonyl (C=S) groups is 1. The summed E-state index contributed by atoms with van der Waals surface area (Å²) >= 11 is 5.59. The minimum atomic E-state index is 0.353. The van der Waals surface area contributed by atoms with Crippen LogP contribution in [-0.2, 0) is 0 Å². The molecule has 1 saturated heterocycles. The maximum Gasteiger partial charge on any atom is 0.229 e. The van der Waals surface area contributed by atoms with E-state index in [1.54, 1.807) is 0 Å². The zero-order valence-corrected chi connectivity index (χ0v) is 21.2. The molecule has 3 aromatic rings. The Morgan fingerprint density at radius 1 is 0.943 bits per heavy atom. The molecule has 0 unspecified atom stereocenters. The Morgan fingerprint density at radius 2 is 1.60 bits per heavy atom. The molecule has 9 heteroatoms. The normalized spacial score (nSPS) is 14.0. The van der Waals surface area contributed by atoms with Gasteiger partial charge < -0.3 is 19.9 Å². The summed E-state index contributed by atoms with van der Waals surface area (Å²) < 4.78 is 5.51. The van der Waals surface area contributed by atoms with Crippen molar-refractivity contribution in [1.29, 1.82) is 0 Å². The van der Waals surface area contributed by atoms with Gasteiger partial charge in [0.25, 0.3) is 0 Å². The summed E-state index contributed by atoms with van der Waals surface area (Å²) in [6, 6.07) is 20.1. The molecule has 1 fully saturated rings. The average Bonchev–Trinajstić information content (AvgIpc) is 2.85. The summed E-state index contributed by atoms with van der Waals surface area (Å²) in [7, 11) is 0. The first-order chi connectivity index (χ1) is 17.0. The van der Waals surface area contributed by atoms with E-state index in [1.807, 2.05) is 57.2 Å². The topological polar surface area (TPSA) is 77.9 Å². The van der Waals surface area contributed by atoms with Gasteiger partial charge in [0.1, 0.15) is 5.75 Å². The Morgan fingerprint density at radius 3 is 2.23 bits per heavy atom. The van der Waals surface area contributed by atoms with Gasteiger partial charge in [0.2, 0.25) is 17.0 Å². The molecule has 1 aromatic heterocycles. The van der Waals surface area contributed by atoms with Crippen LogP contribution in [0.1, 0.15) is 18.3 Å². The molecule has 182 valence electrons. The first-order valence-electron chi connectivity index (χ1n) is 11.8. The molecule has 8 nitrogen and oxygen atoms in total. The highest BCUT2D eigenvalue weighted by atomic mass is 32.1. The number of hydrogen-bond donors (Lipinski definition) is 2. The zero-order chi connectivity index (χ0) is 24.6. The lowest BCUT2D eigenvalue weighted by Gasteiger charge is -2.37. The second-order valence-corrected chi connectivity index (χ2v) is 8.62. The van der Waals surface area contributed by atoms with Gasteiger partial charge in [-0.2, -0.15) is 4.99 Å². The van der Waals surface area contributed by atoms with Gasteiger partial charge in [0, 0.05) is 48.9 Å². The van der Waals surface area contributed by atoms with Crippen LogP contribution in [0.2, 0.25) is 0 Å². The molecular formula is C26H31N7OS. The van der Waals surface area contributed by atoms with Gasteiger partial charge in [-0.15, -0.1) is 0 Å². The predicted octanol–water partition coefficient (Wildman–Crippen LogP) is 4.48. The summed E-state index contributed by atoms with van der Waals surface area (Å²) in [6.45, 7) is 9.82. The number of para-hydroxylation sites is 1. The van der Waals surface area contributed by atoms with Crippen LogP contribution in [0.15, 0.2) is 65.7 Å². The van der Waals surface area contributed by atoms with E-state index in [0.29, 0.717) is 23.6 Å². The molecule has 1 aliphatic rings. The Balaban J connectivity index is 1.50. The van der Waals surface area contributed by atoms with Crippen molar-refractivity contribution in [1.82, 2.24) is 14.9 Å². The number of nitrogens with zero attached hydrogens (tertiary/aromatic N) is 5. The molecular weight excluding hydrogens is 458 g/mol. The molecule has 4 rings (SSSR count). The Bertz CT molecular complexity index is 1140. The van der Waals surface area contributed by atoms with E-state index in [2.05, 4.69) is 54.7 Å². The van der Waals surface area contributed by atoms with Crippen molar-refractivity contribution in [2.24, 2.45) is 4.99 Å². The van der Waals surface area contributed by atoms with Crippen LogP contribution in [0.4, 0.5) is 17.3 Å². The van der Waals surface area contributed by atoms with Crippen LogP contribution in [0.3, 0.4) is 0 Å². The summed E-state index contributed by atoms with van der Waals surface area (Å²) in [5.41, 5.74) is 3.86. The number of ether oxygens (including phenoxy) is 1. The molecule has 0 saturated carbocycles. The molecule has 0 spiro atoms. The SMILES string of the molecule is CCOc1ccc(NC(=S)/N=C(/Nc2nc(C)cc(C)n2)N2CCN(c3ccccc3)CC2)cc1. The molecule has 0 aliphatic carbocycles. The molecule has 2 heterocycles. The van der Waals surface area contributed by atoms with Crippen molar-refractivity contribution in [2.75, 3.05) is 48.3 Å². The number of nitrogens with one attached hydrogen (secondary N) is 2. The molecule has 1 aliphatic heterocycles. The molecule has 35 heavy (non-hydrogen) atoms.